The van der Waals surface area contributed by atoms with Gasteiger partial charge in [-0.25, -0.2) is 4.98 Å². The van der Waals surface area contributed by atoms with E-state index in [1.807, 2.05) is 0 Å². The van der Waals surface area contributed by atoms with Crippen LogP contribution in [-0.2, 0) is 9.59 Å². The van der Waals surface area contributed by atoms with Crippen LogP contribution < -0.4 is 4.74 Å². The van der Waals surface area contributed by atoms with Gasteiger partial charge in [0.05, 0.1) is 0 Å². The van der Waals surface area contributed by atoms with Gasteiger partial charge in [0.25, 0.3) is 0 Å². The van der Waals surface area contributed by atoms with Crippen LogP contribution in [0.2, 0.25) is 0 Å². The third-order valence-electron chi connectivity index (χ3n) is 1.63. The summed E-state index contributed by atoms with van der Waals surface area (Å²) in [6.07, 6.45) is 1.46. The van der Waals surface area contributed by atoms with Gasteiger partial charge in [0, 0.05) is 12.3 Å². The summed E-state index contributed by atoms with van der Waals surface area (Å²) < 4.78 is 4.92. The third kappa shape index (κ3) is 3.26. The second-order valence-electron chi connectivity index (χ2n) is 2.71. The van der Waals surface area contributed by atoms with Gasteiger partial charge in [0.2, 0.25) is 5.88 Å². The van der Waals surface area contributed by atoms with Gasteiger partial charge in [-0.2, -0.15) is 0 Å². The molecule has 0 aliphatic heterocycles. The van der Waals surface area contributed by atoms with Crippen molar-refractivity contribution in [3.05, 3.63) is 24.4 Å². The molecule has 1 heterocycles. The van der Waals surface area contributed by atoms with E-state index < -0.39 is 24.5 Å². The van der Waals surface area contributed by atoms with Crippen LogP contribution in [0.4, 0.5) is 0 Å². The van der Waals surface area contributed by atoms with Crippen LogP contribution in [0.1, 0.15) is 0 Å². The number of nitrogens with zero attached hydrogens (tertiary/aromatic N) is 1. The summed E-state index contributed by atoms with van der Waals surface area (Å²) in [6, 6.07) is 4.83. The Labute approximate surface area is 85.1 Å². The summed E-state index contributed by atoms with van der Waals surface area (Å²) >= 11 is 0. The largest absolute Gasteiger partial charge is 0.481 e. The van der Waals surface area contributed by atoms with Gasteiger partial charge in [-0.15, -0.1) is 0 Å². The summed E-state index contributed by atoms with van der Waals surface area (Å²) in [5, 5.41) is 17.1. The van der Waals surface area contributed by atoms with Crippen LogP contribution in [0.5, 0.6) is 5.88 Å². The van der Waals surface area contributed by atoms with Gasteiger partial charge in [0.1, 0.15) is 6.61 Å². The van der Waals surface area contributed by atoms with Crippen molar-refractivity contribution < 1.29 is 24.5 Å². The molecule has 1 aromatic rings. The molecular weight excluding hydrogens is 202 g/mol. The Morgan fingerprint density at radius 2 is 2.00 bits per heavy atom. The zero-order chi connectivity index (χ0) is 11.3. The Bertz CT molecular complexity index is 337. The number of carboxylic acid groups (broad SMARTS) is 2. The molecule has 2 N–H and O–H groups in total. The lowest BCUT2D eigenvalue weighted by atomic mass is 10.2. The van der Waals surface area contributed by atoms with Gasteiger partial charge < -0.3 is 14.9 Å². The first-order chi connectivity index (χ1) is 7.11. The molecule has 80 valence electrons. The second kappa shape index (κ2) is 4.94. The first kappa shape index (κ1) is 11.0. The number of pyridine rings is 1. The van der Waals surface area contributed by atoms with Crippen LogP contribution >= 0.6 is 0 Å². The van der Waals surface area contributed by atoms with Crippen LogP contribution in [0.15, 0.2) is 24.4 Å². The third-order valence-corrected chi connectivity index (χ3v) is 1.63. The van der Waals surface area contributed by atoms with E-state index in [2.05, 4.69) is 4.98 Å². The molecule has 0 aliphatic rings. The Kier molecular flexibility index (Phi) is 3.61. The quantitative estimate of drug-likeness (QED) is 0.677. The molecule has 0 radical (unpaired) electrons. The smallest absolute Gasteiger partial charge is 0.321 e. The minimum atomic E-state index is -1.58. The molecule has 0 atom stereocenters. The van der Waals surface area contributed by atoms with Gasteiger partial charge >= 0.3 is 11.9 Å². The summed E-state index contributed by atoms with van der Waals surface area (Å²) in [5.74, 6) is -4.24. The van der Waals surface area contributed by atoms with Crippen molar-refractivity contribution in [3.63, 3.8) is 0 Å². The second-order valence-corrected chi connectivity index (χ2v) is 2.71. The molecule has 6 nitrogen and oxygen atoms in total. The molecule has 0 aliphatic carbocycles. The maximum Gasteiger partial charge on any atom is 0.321 e. The summed E-state index contributed by atoms with van der Waals surface area (Å²) in [6.45, 7) is -0.443. The van der Waals surface area contributed by atoms with Crippen LogP contribution in [-0.4, -0.2) is 33.7 Å². The Hall–Kier alpha value is -2.11. The molecule has 1 rings (SSSR count). The fraction of sp³-hybridized carbons (Fsp3) is 0.222. The summed E-state index contributed by atoms with van der Waals surface area (Å²) in [4.78, 5) is 24.7. The first-order valence-electron chi connectivity index (χ1n) is 4.10. The Morgan fingerprint density at radius 3 is 2.47 bits per heavy atom. The highest BCUT2D eigenvalue weighted by atomic mass is 16.5. The number of aromatic nitrogens is 1. The molecule has 1 aromatic heterocycles. The monoisotopic (exact) mass is 211 g/mol. The topological polar surface area (TPSA) is 96.7 Å². The predicted molar refractivity (Wildman–Crippen MR) is 48.5 cm³/mol. The summed E-state index contributed by atoms with van der Waals surface area (Å²) in [5.41, 5.74) is 0. The van der Waals surface area contributed by atoms with E-state index in [0.717, 1.165) is 0 Å². The molecule has 0 aromatic carbocycles. The first-order valence-corrected chi connectivity index (χ1v) is 4.10. The van der Waals surface area contributed by atoms with Crippen molar-refractivity contribution in [2.24, 2.45) is 5.92 Å². The zero-order valence-electron chi connectivity index (χ0n) is 7.66. The van der Waals surface area contributed by atoms with E-state index in [4.69, 9.17) is 14.9 Å². The highest BCUT2D eigenvalue weighted by Gasteiger charge is 2.26. The fourth-order valence-corrected chi connectivity index (χ4v) is 0.849. The van der Waals surface area contributed by atoms with Gasteiger partial charge in [0.15, 0.2) is 5.92 Å². The van der Waals surface area contributed by atoms with E-state index >= 15 is 0 Å². The highest BCUT2D eigenvalue weighted by molar-refractivity contribution is 5.93. The SMILES string of the molecule is O=C(O)C(COc1ccccn1)C(=O)O. The molecule has 0 amide bonds. The van der Waals surface area contributed by atoms with Crippen molar-refractivity contribution in [1.29, 1.82) is 0 Å². The minimum Gasteiger partial charge on any atom is -0.481 e. The Balaban J connectivity index is 2.55. The molecule has 0 bridgehead atoms. The molecule has 0 fully saturated rings. The molecule has 0 unspecified atom stereocenters. The molecule has 0 saturated carbocycles. The maximum absolute atomic E-state index is 10.5. The summed E-state index contributed by atoms with van der Waals surface area (Å²) in [7, 11) is 0. The van der Waals surface area contributed by atoms with Gasteiger partial charge in [-0.1, -0.05) is 6.07 Å². The van der Waals surface area contributed by atoms with E-state index in [9.17, 15) is 9.59 Å². The zero-order valence-corrected chi connectivity index (χ0v) is 7.66. The van der Waals surface area contributed by atoms with Crippen molar-refractivity contribution in [2.75, 3.05) is 6.61 Å². The normalized spacial score (nSPS) is 9.93. The van der Waals surface area contributed by atoms with Crippen LogP contribution in [0.25, 0.3) is 0 Å². The average molecular weight is 211 g/mol. The van der Waals surface area contributed by atoms with Crippen LogP contribution in [0, 0.1) is 5.92 Å². The lowest BCUT2D eigenvalue weighted by Crippen LogP contribution is -2.29. The van der Waals surface area contributed by atoms with E-state index in [0.29, 0.717) is 0 Å². The van der Waals surface area contributed by atoms with Crippen molar-refractivity contribution in [2.45, 2.75) is 0 Å². The maximum atomic E-state index is 10.5. The minimum absolute atomic E-state index is 0.199. The molecular formula is C9H9NO5. The number of hydrogen-bond donors (Lipinski definition) is 2. The Morgan fingerprint density at radius 1 is 1.33 bits per heavy atom. The van der Waals surface area contributed by atoms with E-state index in [1.165, 1.54) is 12.3 Å². The predicted octanol–water partition coefficient (Wildman–Crippen LogP) is 0.246. The number of aliphatic carboxylic acids is 2. The van der Waals surface area contributed by atoms with E-state index in [-0.39, 0.29) is 5.88 Å². The standard InChI is InChI=1S/C9H9NO5/c11-8(12)6(9(13)14)5-15-7-3-1-2-4-10-7/h1-4,6H,5H2,(H,11,12)(H,13,14). The van der Waals surface area contributed by atoms with Gasteiger partial charge in [-0.3, -0.25) is 9.59 Å². The molecule has 0 saturated heterocycles. The van der Waals surface area contributed by atoms with E-state index in [1.54, 1.807) is 12.1 Å². The number of carbonyl (C=O) groups is 2. The fourth-order valence-electron chi connectivity index (χ4n) is 0.849. The lowest BCUT2D eigenvalue weighted by molar-refractivity contribution is -0.155. The van der Waals surface area contributed by atoms with Crippen molar-refractivity contribution >= 4 is 11.9 Å². The molecule has 15 heavy (non-hydrogen) atoms. The average Bonchev–Trinajstić information content (AvgIpc) is 2.18. The number of ether oxygens (including phenoxy) is 1. The number of rotatable bonds is 5. The van der Waals surface area contributed by atoms with Crippen molar-refractivity contribution in [1.82, 2.24) is 4.98 Å². The lowest BCUT2D eigenvalue weighted by Gasteiger charge is -2.08. The molecule has 6 heteroatoms. The number of carboxylic acids is 2. The van der Waals surface area contributed by atoms with Crippen molar-refractivity contribution in [3.8, 4) is 5.88 Å². The number of hydrogen-bond acceptors (Lipinski definition) is 4. The molecule has 0 spiro atoms. The van der Waals surface area contributed by atoms with Crippen LogP contribution in [0.3, 0.4) is 0 Å². The highest BCUT2D eigenvalue weighted by Crippen LogP contribution is 2.06. The van der Waals surface area contributed by atoms with Gasteiger partial charge in [-0.05, 0) is 6.07 Å².